The van der Waals surface area contributed by atoms with Crippen LogP contribution in [-0.4, -0.2) is 37.2 Å². The van der Waals surface area contributed by atoms with E-state index in [1.807, 2.05) is 0 Å². The molecule has 56 valence electrons. The lowest BCUT2D eigenvalue weighted by molar-refractivity contribution is -0.105. The lowest BCUT2D eigenvalue weighted by Crippen LogP contribution is -2.60. The van der Waals surface area contributed by atoms with Gasteiger partial charge < -0.3 is 4.74 Å². The normalized spacial score (nSPS) is 23.3. The van der Waals surface area contributed by atoms with Crippen molar-refractivity contribution in [2.75, 3.05) is 26.7 Å². The van der Waals surface area contributed by atoms with Crippen LogP contribution in [0.4, 0.5) is 0 Å². The smallest absolute Gasteiger partial charge is 0.0903 e. The van der Waals surface area contributed by atoms with Crippen molar-refractivity contribution in [2.45, 2.75) is 12.5 Å². The van der Waals surface area contributed by atoms with Crippen LogP contribution in [-0.2, 0) is 4.74 Å². The third kappa shape index (κ3) is 1.28. The van der Waals surface area contributed by atoms with Crippen LogP contribution < -0.4 is 0 Å². The molecule has 0 N–H and O–H groups in total. The number of likely N-dealkylation sites (tertiary alicyclic amines) is 1. The number of ether oxygens (including phenoxy) is 1. The maximum Gasteiger partial charge on any atom is 0.0903 e. The van der Waals surface area contributed by atoms with Gasteiger partial charge in [0.25, 0.3) is 0 Å². The van der Waals surface area contributed by atoms with E-state index < -0.39 is 0 Å². The van der Waals surface area contributed by atoms with Gasteiger partial charge in [-0.05, 0) is 6.92 Å². The third-order valence-corrected chi connectivity index (χ3v) is 1.90. The molecule has 0 aromatic heterocycles. The minimum absolute atomic E-state index is 0.0108. The number of methoxy groups -OCH3 is 1. The molecule has 0 spiro atoms. The number of hydrogen-bond acceptors (Lipinski definition) is 3. The summed E-state index contributed by atoms with van der Waals surface area (Å²) in [6, 6.07) is 2.10. The minimum atomic E-state index is 0.0108. The van der Waals surface area contributed by atoms with Crippen LogP contribution in [0.1, 0.15) is 6.92 Å². The summed E-state index contributed by atoms with van der Waals surface area (Å²) in [5.41, 5.74) is 0.0108. The van der Waals surface area contributed by atoms with Crippen molar-refractivity contribution >= 4 is 0 Å². The summed E-state index contributed by atoms with van der Waals surface area (Å²) in [5.74, 6) is 0. The number of rotatable bonds is 2. The monoisotopic (exact) mass is 140 g/mol. The molecule has 0 atom stereocenters. The minimum Gasteiger partial charge on any atom is -0.376 e. The molecule has 1 aliphatic rings. The van der Waals surface area contributed by atoms with Gasteiger partial charge in [0.15, 0.2) is 0 Å². The Morgan fingerprint density at radius 3 is 2.70 bits per heavy atom. The lowest BCUT2D eigenvalue weighted by atomic mass is 9.97. The molecule has 0 radical (unpaired) electrons. The van der Waals surface area contributed by atoms with Crippen LogP contribution >= 0.6 is 0 Å². The molecule has 3 nitrogen and oxygen atoms in total. The zero-order valence-corrected chi connectivity index (χ0v) is 6.42. The number of hydrogen-bond donors (Lipinski definition) is 0. The van der Waals surface area contributed by atoms with Gasteiger partial charge in [0.1, 0.15) is 0 Å². The van der Waals surface area contributed by atoms with Crippen molar-refractivity contribution in [3.8, 4) is 6.07 Å². The van der Waals surface area contributed by atoms with Crippen LogP contribution in [0.3, 0.4) is 0 Å². The zero-order chi connectivity index (χ0) is 7.61. The van der Waals surface area contributed by atoms with E-state index in [-0.39, 0.29) is 5.60 Å². The lowest BCUT2D eigenvalue weighted by Gasteiger charge is -2.45. The first-order valence-corrected chi connectivity index (χ1v) is 3.35. The van der Waals surface area contributed by atoms with Gasteiger partial charge in [0.05, 0.1) is 18.2 Å². The van der Waals surface area contributed by atoms with E-state index >= 15 is 0 Å². The molecule has 1 rings (SSSR count). The first-order valence-electron chi connectivity index (χ1n) is 3.35. The van der Waals surface area contributed by atoms with Crippen molar-refractivity contribution in [1.29, 1.82) is 5.26 Å². The molecule has 1 fully saturated rings. The topological polar surface area (TPSA) is 36.3 Å². The maximum atomic E-state index is 8.31. The quantitative estimate of drug-likeness (QED) is 0.515. The second-order valence-electron chi connectivity index (χ2n) is 2.96. The molecule has 1 aliphatic heterocycles. The average Bonchev–Trinajstić information content (AvgIpc) is 1.85. The Morgan fingerprint density at radius 1 is 1.70 bits per heavy atom. The highest BCUT2D eigenvalue weighted by Crippen LogP contribution is 2.22. The number of nitriles is 1. The highest BCUT2D eigenvalue weighted by atomic mass is 16.5. The predicted molar refractivity (Wildman–Crippen MR) is 37.5 cm³/mol. The van der Waals surface area contributed by atoms with Crippen molar-refractivity contribution in [1.82, 2.24) is 4.90 Å². The number of nitrogens with zero attached hydrogens (tertiary/aromatic N) is 2. The van der Waals surface area contributed by atoms with Gasteiger partial charge in [-0.15, -0.1) is 0 Å². The molecule has 0 amide bonds. The first-order chi connectivity index (χ1) is 4.70. The van der Waals surface area contributed by atoms with Crippen LogP contribution in [0.5, 0.6) is 0 Å². The van der Waals surface area contributed by atoms with E-state index in [1.165, 1.54) is 0 Å². The fraction of sp³-hybridized carbons (Fsp3) is 0.857. The van der Waals surface area contributed by atoms with E-state index in [9.17, 15) is 0 Å². The highest BCUT2D eigenvalue weighted by Gasteiger charge is 2.38. The standard InChI is InChI=1S/C7H12N2O/c1-7(10-2)5-9(6-7)4-3-8/h4-6H2,1-2H3. The highest BCUT2D eigenvalue weighted by molar-refractivity contribution is 4.96. The van der Waals surface area contributed by atoms with Gasteiger partial charge >= 0.3 is 0 Å². The Labute approximate surface area is 61.2 Å². The summed E-state index contributed by atoms with van der Waals surface area (Å²) in [5, 5.41) is 8.31. The van der Waals surface area contributed by atoms with Crippen molar-refractivity contribution in [3.05, 3.63) is 0 Å². The summed E-state index contributed by atoms with van der Waals surface area (Å²) < 4.78 is 5.20. The molecule has 0 aromatic rings. The summed E-state index contributed by atoms with van der Waals surface area (Å²) in [6.07, 6.45) is 0. The Balaban J connectivity index is 2.24. The van der Waals surface area contributed by atoms with E-state index in [4.69, 9.17) is 10.00 Å². The molecular formula is C7H12N2O. The van der Waals surface area contributed by atoms with Crippen molar-refractivity contribution in [2.24, 2.45) is 0 Å². The Morgan fingerprint density at radius 2 is 2.30 bits per heavy atom. The van der Waals surface area contributed by atoms with Crippen LogP contribution in [0.25, 0.3) is 0 Å². The molecule has 10 heavy (non-hydrogen) atoms. The average molecular weight is 140 g/mol. The van der Waals surface area contributed by atoms with Gasteiger partial charge in [-0.3, -0.25) is 4.90 Å². The molecule has 0 unspecified atom stereocenters. The third-order valence-electron chi connectivity index (χ3n) is 1.90. The molecule has 0 saturated carbocycles. The summed E-state index contributed by atoms with van der Waals surface area (Å²) in [4.78, 5) is 2.06. The van der Waals surface area contributed by atoms with E-state index in [2.05, 4.69) is 17.9 Å². The Hall–Kier alpha value is -0.590. The molecule has 0 aromatic carbocycles. The van der Waals surface area contributed by atoms with Gasteiger partial charge in [-0.2, -0.15) is 5.26 Å². The Kier molecular flexibility index (Phi) is 1.93. The molecule has 1 heterocycles. The van der Waals surface area contributed by atoms with Gasteiger partial charge in [-0.25, -0.2) is 0 Å². The Bertz CT molecular complexity index is 155. The summed E-state index contributed by atoms with van der Waals surface area (Å²) >= 11 is 0. The van der Waals surface area contributed by atoms with E-state index in [0.717, 1.165) is 13.1 Å². The first kappa shape index (κ1) is 7.52. The summed E-state index contributed by atoms with van der Waals surface area (Å²) in [7, 11) is 1.71. The van der Waals surface area contributed by atoms with E-state index in [0.29, 0.717) is 6.54 Å². The zero-order valence-electron chi connectivity index (χ0n) is 6.42. The fourth-order valence-corrected chi connectivity index (χ4v) is 1.24. The van der Waals surface area contributed by atoms with Crippen LogP contribution in [0, 0.1) is 11.3 Å². The summed E-state index contributed by atoms with van der Waals surface area (Å²) in [6.45, 7) is 4.36. The van der Waals surface area contributed by atoms with Gasteiger partial charge in [0, 0.05) is 20.2 Å². The SMILES string of the molecule is COC1(C)CN(CC#N)C1. The molecule has 1 saturated heterocycles. The van der Waals surface area contributed by atoms with Crippen molar-refractivity contribution < 1.29 is 4.74 Å². The largest absolute Gasteiger partial charge is 0.376 e. The second-order valence-corrected chi connectivity index (χ2v) is 2.96. The van der Waals surface area contributed by atoms with Crippen LogP contribution in [0.2, 0.25) is 0 Å². The second kappa shape index (κ2) is 2.57. The maximum absolute atomic E-state index is 8.31. The molecule has 0 bridgehead atoms. The molecule has 3 heteroatoms. The van der Waals surface area contributed by atoms with E-state index in [1.54, 1.807) is 7.11 Å². The van der Waals surface area contributed by atoms with Crippen LogP contribution in [0.15, 0.2) is 0 Å². The van der Waals surface area contributed by atoms with Gasteiger partial charge in [0.2, 0.25) is 0 Å². The van der Waals surface area contributed by atoms with Gasteiger partial charge in [-0.1, -0.05) is 0 Å². The van der Waals surface area contributed by atoms with Crippen molar-refractivity contribution in [3.63, 3.8) is 0 Å². The fourth-order valence-electron chi connectivity index (χ4n) is 1.24. The molecule has 0 aliphatic carbocycles. The molecular weight excluding hydrogens is 128 g/mol. The predicted octanol–water partition coefficient (Wildman–Crippen LogP) is 0.231.